The first-order chi connectivity index (χ1) is 9.04. The summed E-state index contributed by atoms with van der Waals surface area (Å²) in [5, 5.41) is 0. The first-order valence-electron chi connectivity index (χ1n) is 6.67. The topological polar surface area (TPSA) is 46.6 Å². The zero-order valence-electron chi connectivity index (χ0n) is 11.3. The van der Waals surface area contributed by atoms with E-state index >= 15 is 0 Å². The molecule has 0 amide bonds. The van der Waals surface area contributed by atoms with E-state index in [1.165, 1.54) is 12.0 Å². The molecule has 0 radical (unpaired) electrons. The summed E-state index contributed by atoms with van der Waals surface area (Å²) < 4.78 is 27.2. The van der Waals surface area contributed by atoms with Crippen molar-refractivity contribution in [3.8, 4) is 0 Å². The van der Waals surface area contributed by atoms with Gasteiger partial charge in [0, 0.05) is 12.6 Å². The molecule has 1 aliphatic heterocycles. The summed E-state index contributed by atoms with van der Waals surface area (Å²) in [4.78, 5) is 2.32. The van der Waals surface area contributed by atoms with E-state index in [2.05, 4.69) is 17.0 Å². The van der Waals surface area contributed by atoms with Crippen LogP contribution in [0, 0.1) is 0 Å². The molecule has 0 aromatic heterocycles. The first kappa shape index (κ1) is 14.5. The zero-order valence-corrected chi connectivity index (χ0v) is 12.1. The first-order valence-corrected chi connectivity index (χ1v) is 8.48. The van der Waals surface area contributed by atoms with Gasteiger partial charge in [-0.3, -0.25) is 9.08 Å². The van der Waals surface area contributed by atoms with Gasteiger partial charge < -0.3 is 0 Å². The normalized spacial score (nSPS) is 21.4. The maximum atomic E-state index is 11.1. The predicted octanol–water partition coefficient (Wildman–Crippen LogP) is 2.02. The number of hydrogen-bond donors (Lipinski definition) is 0. The van der Waals surface area contributed by atoms with Crippen molar-refractivity contribution in [1.29, 1.82) is 0 Å². The van der Waals surface area contributed by atoms with E-state index in [9.17, 15) is 8.42 Å². The van der Waals surface area contributed by atoms with Gasteiger partial charge in [0.1, 0.15) is 0 Å². The molecule has 0 aliphatic carbocycles. The second-order valence-corrected chi connectivity index (χ2v) is 6.74. The summed E-state index contributed by atoms with van der Waals surface area (Å²) in [5.74, 6) is 0. The second kappa shape index (κ2) is 6.50. The number of nitrogens with zero attached hydrogens (tertiary/aromatic N) is 1. The molecule has 2 rings (SSSR count). The minimum atomic E-state index is -3.35. The molecule has 1 fully saturated rings. The lowest BCUT2D eigenvalue weighted by Gasteiger charge is -2.35. The molecule has 1 atom stereocenters. The van der Waals surface area contributed by atoms with Crippen LogP contribution in [0.3, 0.4) is 0 Å². The van der Waals surface area contributed by atoms with Crippen LogP contribution in [-0.4, -0.2) is 38.8 Å². The van der Waals surface area contributed by atoms with E-state index in [0.29, 0.717) is 0 Å². The van der Waals surface area contributed by atoms with Gasteiger partial charge in [-0.1, -0.05) is 36.8 Å². The highest BCUT2D eigenvalue weighted by Crippen LogP contribution is 2.20. The Morgan fingerprint density at radius 1 is 1.26 bits per heavy atom. The molecular weight excluding hydrogens is 262 g/mol. The van der Waals surface area contributed by atoms with E-state index < -0.39 is 10.1 Å². The summed E-state index contributed by atoms with van der Waals surface area (Å²) in [7, 11) is -3.35. The average molecular weight is 283 g/mol. The maximum absolute atomic E-state index is 11.1. The lowest BCUT2D eigenvalue weighted by molar-refractivity contribution is 0.0961. The van der Waals surface area contributed by atoms with Gasteiger partial charge in [-0.05, 0) is 24.9 Å². The molecule has 1 saturated heterocycles. The summed E-state index contributed by atoms with van der Waals surface area (Å²) in [6.07, 6.45) is 4.42. The summed E-state index contributed by atoms with van der Waals surface area (Å²) >= 11 is 0. The van der Waals surface area contributed by atoms with Gasteiger partial charge >= 0.3 is 0 Å². The molecule has 4 nitrogen and oxygen atoms in total. The molecule has 0 spiro atoms. The molecule has 0 saturated carbocycles. The molecule has 1 unspecified atom stereocenters. The number of piperidine rings is 1. The third kappa shape index (κ3) is 4.93. The Bertz CT molecular complexity index is 487. The summed E-state index contributed by atoms with van der Waals surface area (Å²) in [6, 6.07) is 10.5. The van der Waals surface area contributed by atoms with Gasteiger partial charge in [-0.15, -0.1) is 0 Å². The van der Waals surface area contributed by atoms with Crippen LogP contribution >= 0.6 is 0 Å². The van der Waals surface area contributed by atoms with Crippen molar-refractivity contribution in [2.45, 2.75) is 31.8 Å². The maximum Gasteiger partial charge on any atom is 0.264 e. The van der Waals surface area contributed by atoms with Gasteiger partial charge in [0.15, 0.2) is 0 Å². The van der Waals surface area contributed by atoms with Crippen molar-refractivity contribution in [3.63, 3.8) is 0 Å². The van der Waals surface area contributed by atoms with E-state index in [1.54, 1.807) is 0 Å². The third-order valence-corrected chi connectivity index (χ3v) is 4.02. The number of hydrogen-bond acceptors (Lipinski definition) is 4. The molecule has 1 heterocycles. The zero-order chi connectivity index (χ0) is 13.7. The molecule has 106 valence electrons. The van der Waals surface area contributed by atoms with Crippen LogP contribution in [0.2, 0.25) is 0 Å². The Labute approximate surface area is 115 Å². The Morgan fingerprint density at radius 2 is 2.00 bits per heavy atom. The average Bonchev–Trinajstić information content (AvgIpc) is 2.38. The third-order valence-electron chi connectivity index (χ3n) is 3.45. The van der Waals surface area contributed by atoms with Crippen LogP contribution in [0.4, 0.5) is 0 Å². The van der Waals surface area contributed by atoms with Crippen LogP contribution in [0.25, 0.3) is 0 Å². The van der Waals surface area contributed by atoms with Crippen molar-refractivity contribution >= 4 is 10.1 Å². The Kier molecular flexibility index (Phi) is 4.96. The minimum absolute atomic E-state index is 0.198. The van der Waals surface area contributed by atoms with Crippen LogP contribution < -0.4 is 0 Å². The summed E-state index contributed by atoms with van der Waals surface area (Å²) in [5.41, 5.74) is 1.26. The minimum Gasteiger partial charge on any atom is -0.294 e. The van der Waals surface area contributed by atoms with E-state index in [1.807, 2.05) is 18.2 Å². The highest BCUT2D eigenvalue weighted by Gasteiger charge is 2.23. The Hall–Kier alpha value is -0.910. The van der Waals surface area contributed by atoms with Crippen LogP contribution in [0.5, 0.6) is 0 Å². The highest BCUT2D eigenvalue weighted by atomic mass is 32.2. The van der Waals surface area contributed by atoms with Crippen molar-refractivity contribution in [2.24, 2.45) is 0 Å². The standard InChI is InChI=1S/C14H21NO3S/c1-19(16,17)18-12-14-9-5-6-10-15(14)11-13-7-3-2-4-8-13/h2-4,7-8,14H,5-6,9-12H2,1H3. The quantitative estimate of drug-likeness (QED) is 0.776. The summed E-state index contributed by atoms with van der Waals surface area (Å²) in [6.45, 7) is 2.14. The molecule has 5 heteroatoms. The van der Waals surface area contributed by atoms with Gasteiger partial charge in [-0.25, -0.2) is 0 Å². The molecule has 0 bridgehead atoms. The fourth-order valence-corrected chi connectivity index (χ4v) is 2.88. The van der Waals surface area contributed by atoms with Gasteiger partial charge in [0.25, 0.3) is 10.1 Å². The second-order valence-electron chi connectivity index (χ2n) is 5.09. The van der Waals surface area contributed by atoms with Crippen molar-refractivity contribution < 1.29 is 12.6 Å². The lowest BCUT2D eigenvalue weighted by Crippen LogP contribution is -2.42. The SMILES string of the molecule is CS(=O)(=O)OCC1CCCCN1Cc1ccccc1. The Balaban J connectivity index is 1.96. The number of benzene rings is 1. The van der Waals surface area contributed by atoms with Crippen LogP contribution in [0.1, 0.15) is 24.8 Å². The van der Waals surface area contributed by atoms with Gasteiger partial charge in [-0.2, -0.15) is 8.42 Å². The van der Waals surface area contributed by atoms with Crippen LogP contribution in [0.15, 0.2) is 30.3 Å². The van der Waals surface area contributed by atoms with Gasteiger partial charge in [0.2, 0.25) is 0 Å². The molecule has 19 heavy (non-hydrogen) atoms. The fourth-order valence-electron chi connectivity index (χ4n) is 2.48. The monoisotopic (exact) mass is 283 g/mol. The molecule has 0 N–H and O–H groups in total. The lowest BCUT2D eigenvalue weighted by atomic mass is 10.0. The van der Waals surface area contributed by atoms with Crippen molar-refractivity contribution in [2.75, 3.05) is 19.4 Å². The van der Waals surface area contributed by atoms with Gasteiger partial charge in [0.05, 0.1) is 12.9 Å². The highest BCUT2D eigenvalue weighted by molar-refractivity contribution is 7.85. The van der Waals surface area contributed by atoms with Crippen molar-refractivity contribution in [1.82, 2.24) is 4.90 Å². The van der Waals surface area contributed by atoms with E-state index in [4.69, 9.17) is 4.18 Å². The van der Waals surface area contributed by atoms with Crippen molar-refractivity contribution in [3.05, 3.63) is 35.9 Å². The van der Waals surface area contributed by atoms with Crippen LogP contribution in [-0.2, 0) is 20.8 Å². The molecule has 1 aromatic carbocycles. The smallest absolute Gasteiger partial charge is 0.264 e. The molecule has 1 aliphatic rings. The largest absolute Gasteiger partial charge is 0.294 e. The van der Waals surface area contributed by atoms with E-state index in [-0.39, 0.29) is 12.6 Å². The number of rotatable bonds is 5. The molecular formula is C14H21NO3S. The number of likely N-dealkylation sites (tertiary alicyclic amines) is 1. The molecule has 1 aromatic rings. The van der Waals surface area contributed by atoms with E-state index in [0.717, 1.165) is 32.2 Å². The predicted molar refractivity (Wildman–Crippen MR) is 75.3 cm³/mol. The fraction of sp³-hybridized carbons (Fsp3) is 0.571. The Morgan fingerprint density at radius 3 is 2.68 bits per heavy atom.